The van der Waals surface area contributed by atoms with Crippen molar-refractivity contribution in [1.82, 2.24) is 14.8 Å². The fourth-order valence-corrected chi connectivity index (χ4v) is 3.15. The topological polar surface area (TPSA) is 67.0 Å². The van der Waals surface area contributed by atoms with Crippen LogP contribution in [0.25, 0.3) is 17.3 Å². The van der Waals surface area contributed by atoms with Crippen molar-refractivity contribution < 1.29 is 13.5 Å². The summed E-state index contributed by atoms with van der Waals surface area (Å²) in [6.45, 7) is 2.42. The highest BCUT2D eigenvalue weighted by Crippen LogP contribution is 2.27. The van der Waals surface area contributed by atoms with Gasteiger partial charge in [-0.05, 0) is 30.3 Å². The summed E-state index contributed by atoms with van der Waals surface area (Å²) in [7, 11) is 0. The zero-order valence-electron chi connectivity index (χ0n) is 15.4. The van der Waals surface area contributed by atoms with Crippen molar-refractivity contribution in [3.63, 3.8) is 0 Å². The quantitative estimate of drug-likeness (QED) is 0.635. The van der Waals surface area contributed by atoms with Gasteiger partial charge in [-0.15, -0.1) is 10.2 Å². The summed E-state index contributed by atoms with van der Waals surface area (Å²) in [4.78, 5) is 2.03. The monoisotopic (exact) mass is 393 g/mol. The molecule has 0 saturated carbocycles. The average molecular weight is 393 g/mol. The maximum Gasteiger partial charge on any atom is 0.232 e. The number of anilines is 1. The molecule has 1 aromatic heterocycles. The van der Waals surface area contributed by atoms with E-state index in [0.29, 0.717) is 32.3 Å². The summed E-state index contributed by atoms with van der Waals surface area (Å²) in [6, 6.07) is 14.7. The lowest BCUT2D eigenvalue weighted by atomic mass is 10.1. The molecule has 0 spiro atoms. The number of aromatic nitrogens is 3. The van der Waals surface area contributed by atoms with Gasteiger partial charge in [-0.3, -0.25) is 4.57 Å². The van der Waals surface area contributed by atoms with Crippen LogP contribution in [-0.4, -0.2) is 41.1 Å². The summed E-state index contributed by atoms with van der Waals surface area (Å²) < 4.78 is 34.5. The van der Waals surface area contributed by atoms with Crippen LogP contribution < -0.4 is 4.90 Å². The van der Waals surface area contributed by atoms with Crippen molar-refractivity contribution >= 4 is 17.6 Å². The van der Waals surface area contributed by atoms with Crippen LogP contribution in [0.15, 0.2) is 48.5 Å². The van der Waals surface area contributed by atoms with Crippen LogP contribution in [0.3, 0.4) is 0 Å². The Balaban J connectivity index is 1.85. The second-order valence-corrected chi connectivity index (χ2v) is 6.43. The number of ether oxygens (including phenoxy) is 1. The standard InChI is InChI=1S/C21H17F2N5O/c22-17-7-6-15(19(23)13-17)12-16(14-24)20-25-26-21(27-8-10-29-11-9-27)28(20)18-4-2-1-3-5-18/h1-7,12-13H,8-11H2/b16-12+. The Bertz CT molecular complexity index is 1080. The third-order valence-electron chi connectivity index (χ3n) is 4.58. The van der Waals surface area contributed by atoms with E-state index in [1.807, 2.05) is 35.2 Å². The number of benzene rings is 2. The van der Waals surface area contributed by atoms with Crippen LogP contribution in [0.4, 0.5) is 14.7 Å². The number of allylic oxidation sites excluding steroid dienone is 1. The van der Waals surface area contributed by atoms with Crippen molar-refractivity contribution in [3.8, 4) is 11.8 Å². The molecule has 0 unspecified atom stereocenters. The molecular formula is C21H17F2N5O. The number of hydrogen-bond acceptors (Lipinski definition) is 5. The molecule has 2 heterocycles. The largest absolute Gasteiger partial charge is 0.378 e. The maximum absolute atomic E-state index is 14.1. The molecule has 1 aliphatic rings. The average Bonchev–Trinajstić information content (AvgIpc) is 3.19. The molecule has 0 amide bonds. The summed E-state index contributed by atoms with van der Waals surface area (Å²) in [5.74, 6) is -0.573. The SMILES string of the molecule is N#C/C(=C\c1ccc(F)cc1F)c1nnc(N2CCOCC2)n1-c1ccccc1. The van der Waals surface area contributed by atoms with Gasteiger partial charge in [-0.2, -0.15) is 5.26 Å². The fraction of sp³-hybridized carbons (Fsp3) is 0.190. The van der Waals surface area contributed by atoms with Gasteiger partial charge >= 0.3 is 0 Å². The molecule has 1 saturated heterocycles. The highest BCUT2D eigenvalue weighted by Gasteiger charge is 2.23. The van der Waals surface area contributed by atoms with Crippen molar-refractivity contribution in [2.45, 2.75) is 0 Å². The van der Waals surface area contributed by atoms with Gasteiger partial charge in [0.25, 0.3) is 0 Å². The van der Waals surface area contributed by atoms with E-state index in [1.54, 1.807) is 4.57 Å². The minimum absolute atomic E-state index is 0.0958. The molecule has 146 valence electrons. The molecule has 4 rings (SSSR count). The smallest absolute Gasteiger partial charge is 0.232 e. The normalized spacial score (nSPS) is 14.7. The highest BCUT2D eigenvalue weighted by molar-refractivity contribution is 5.88. The minimum Gasteiger partial charge on any atom is -0.378 e. The van der Waals surface area contributed by atoms with E-state index in [2.05, 4.69) is 16.3 Å². The molecule has 0 radical (unpaired) electrons. The zero-order chi connectivity index (χ0) is 20.2. The Kier molecular flexibility index (Phi) is 5.31. The van der Waals surface area contributed by atoms with Gasteiger partial charge in [-0.25, -0.2) is 8.78 Å². The molecule has 0 aliphatic carbocycles. The second-order valence-electron chi connectivity index (χ2n) is 6.43. The van der Waals surface area contributed by atoms with E-state index >= 15 is 0 Å². The number of hydrogen-bond donors (Lipinski definition) is 0. The van der Waals surface area contributed by atoms with Crippen LogP contribution in [0.5, 0.6) is 0 Å². The van der Waals surface area contributed by atoms with Gasteiger partial charge in [0.2, 0.25) is 5.95 Å². The summed E-state index contributed by atoms with van der Waals surface area (Å²) in [6.07, 6.45) is 1.35. The maximum atomic E-state index is 14.1. The summed E-state index contributed by atoms with van der Waals surface area (Å²) in [5, 5.41) is 18.3. The van der Waals surface area contributed by atoms with Crippen molar-refractivity contribution in [2.75, 3.05) is 31.2 Å². The Morgan fingerprint density at radius 2 is 1.83 bits per heavy atom. The molecule has 29 heavy (non-hydrogen) atoms. The van der Waals surface area contributed by atoms with E-state index in [0.717, 1.165) is 17.8 Å². The number of rotatable bonds is 4. The molecule has 1 fully saturated rings. The Labute approximate surface area is 166 Å². The molecule has 2 aromatic carbocycles. The van der Waals surface area contributed by atoms with Crippen molar-refractivity contribution in [3.05, 3.63) is 71.6 Å². The molecule has 0 N–H and O–H groups in total. The lowest BCUT2D eigenvalue weighted by Crippen LogP contribution is -2.38. The third-order valence-corrected chi connectivity index (χ3v) is 4.58. The van der Waals surface area contributed by atoms with Gasteiger partial charge in [0.1, 0.15) is 17.7 Å². The van der Waals surface area contributed by atoms with Crippen molar-refractivity contribution in [2.24, 2.45) is 0 Å². The first-order valence-corrected chi connectivity index (χ1v) is 9.08. The number of nitriles is 1. The van der Waals surface area contributed by atoms with E-state index in [-0.39, 0.29) is 17.0 Å². The minimum atomic E-state index is -0.753. The van der Waals surface area contributed by atoms with E-state index in [9.17, 15) is 14.0 Å². The van der Waals surface area contributed by atoms with Gasteiger partial charge in [0.05, 0.1) is 24.5 Å². The van der Waals surface area contributed by atoms with E-state index < -0.39 is 11.6 Å². The molecule has 8 heteroatoms. The molecule has 0 bridgehead atoms. The highest BCUT2D eigenvalue weighted by atomic mass is 19.1. The molecule has 3 aromatic rings. The summed E-state index contributed by atoms with van der Waals surface area (Å²) in [5.41, 5.74) is 0.986. The molecular weight excluding hydrogens is 376 g/mol. The number of para-hydroxylation sites is 1. The summed E-state index contributed by atoms with van der Waals surface area (Å²) >= 11 is 0. The Morgan fingerprint density at radius 3 is 2.52 bits per heavy atom. The van der Waals surface area contributed by atoms with Crippen LogP contribution in [0.1, 0.15) is 11.4 Å². The molecule has 6 nitrogen and oxygen atoms in total. The number of halogens is 2. The van der Waals surface area contributed by atoms with Gasteiger partial charge in [0.15, 0.2) is 5.82 Å². The fourth-order valence-electron chi connectivity index (χ4n) is 3.15. The Hall–Kier alpha value is -3.57. The van der Waals surface area contributed by atoms with E-state index in [1.165, 1.54) is 12.1 Å². The van der Waals surface area contributed by atoms with E-state index in [4.69, 9.17) is 4.74 Å². The van der Waals surface area contributed by atoms with Gasteiger partial charge in [-0.1, -0.05) is 18.2 Å². The predicted molar refractivity (Wildman–Crippen MR) is 104 cm³/mol. The number of morpholine rings is 1. The third kappa shape index (κ3) is 3.86. The van der Waals surface area contributed by atoms with Gasteiger partial charge in [0, 0.05) is 24.7 Å². The first-order valence-electron chi connectivity index (χ1n) is 9.08. The van der Waals surface area contributed by atoms with Crippen LogP contribution >= 0.6 is 0 Å². The first kappa shape index (κ1) is 18.8. The van der Waals surface area contributed by atoms with Gasteiger partial charge < -0.3 is 9.64 Å². The predicted octanol–water partition coefficient (Wildman–Crippen LogP) is 3.45. The van der Waals surface area contributed by atoms with Crippen LogP contribution in [0, 0.1) is 23.0 Å². The number of nitrogens with zero attached hydrogens (tertiary/aromatic N) is 5. The first-order chi connectivity index (χ1) is 14.2. The zero-order valence-corrected chi connectivity index (χ0v) is 15.4. The lowest BCUT2D eigenvalue weighted by molar-refractivity contribution is 0.122. The lowest BCUT2D eigenvalue weighted by Gasteiger charge is -2.28. The van der Waals surface area contributed by atoms with Crippen LogP contribution in [0.2, 0.25) is 0 Å². The molecule has 0 atom stereocenters. The van der Waals surface area contributed by atoms with Crippen molar-refractivity contribution in [1.29, 1.82) is 5.26 Å². The molecule has 1 aliphatic heterocycles. The second kappa shape index (κ2) is 8.20. The van der Waals surface area contributed by atoms with Crippen LogP contribution in [-0.2, 0) is 4.74 Å². The Morgan fingerprint density at radius 1 is 1.07 bits per heavy atom.